The molecule has 1 aliphatic heterocycles. The number of carboxylic acid groups (broad SMARTS) is 1. The van der Waals surface area contributed by atoms with E-state index in [2.05, 4.69) is 45.1 Å². The molecule has 0 aliphatic carbocycles. The molecule has 3 N–H and O–H groups in total. The molecule has 5 heteroatoms. The highest BCUT2D eigenvalue weighted by Gasteiger charge is 2.29. The molecule has 0 aromatic heterocycles. The van der Waals surface area contributed by atoms with Crippen LogP contribution < -0.4 is 0 Å². The average molecular weight is 559 g/mol. The lowest BCUT2D eigenvalue weighted by Crippen LogP contribution is -2.34. The summed E-state index contributed by atoms with van der Waals surface area (Å²) < 4.78 is 6.64. The summed E-state index contributed by atoms with van der Waals surface area (Å²) in [5.41, 5.74) is 2.30. The minimum Gasteiger partial charge on any atom is -0.478 e. The Morgan fingerprint density at radius 1 is 0.950 bits per heavy atom. The van der Waals surface area contributed by atoms with Crippen molar-refractivity contribution in [1.29, 1.82) is 0 Å². The Labute approximate surface area is 244 Å². The molecule has 1 rings (SSSR count). The monoisotopic (exact) mass is 558 g/mol. The van der Waals surface area contributed by atoms with Crippen LogP contribution in [0.25, 0.3) is 0 Å². The maximum Gasteiger partial charge on any atom is 0.327 e. The number of hydrogen-bond donors (Lipinski definition) is 3. The molecule has 228 valence electrons. The average Bonchev–Trinajstić information content (AvgIpc) is 2.94. The maximum absolute atomic E-state index is 10.6. The minimum absolute atomic E-state index is 0.176. The Kier molecular flexibility index (Phi) is 18.8. The summed E-state index contributed by atoms with van der Waals surface area (Å²) in [4.78, 5) is 10.6. The lowest BCUT2D eigenvalue weighted by atomic mass is 9.85. The third-order valence-corrected chi connectivity index (χ3v) is 8.08. The molecular formula is C35H58O5. The van der Waals surface area contributed by atoms with Crippen LogP contribution in [0.3, 0.4) is 0 Å². The highest BCUT2D eigenvalue weighted by Crippen LogP contribution is 2.33. The summed E-state index contributed by atoms with van der Waals surface area (Å²) in [5.74, 6) is -0.0429. The number of aliphatic hydroxyl groups is 2. The normalized spacial score (nSPS) is 24.1. The first kappa shape index (κ1) is 36.1. The summed E-state index contributed by atoms with van der Waals surface area (Å²) in [7, 11) is 0. The predicted molar refractivity (Wildman–Crippen MR) is 167 cm³/mol. The molecule has 7 atom stereocenters. The Balaban J connectivity index is 2.54. The molecule has 5 nitrogen and oxygen atoms in total. The molecule has 0 aromatic carbocycles. The number of allylic oxidation sites excluding steroid dienone is 5. The van der Waals surface area contributed by atoms with Crippen molar-refractivity contribution in [3.8, 4) is 0 Å². The maximum atomic E-state index is 10.6. The van der Waals surface area contributed by atoms with Gasteiger partial charge in [0.1, 0.15) is 0 Å². The topological polar surface area (TPSA) is 87.0 Å². The number of aliphatic carboxylic acids is 1. The van der Waals surface area contributed by atoms with Gasteiger partial charge < -0.3 is 20.1 Å². The Morgan fingerprint density at radius 2 is 1.68 bits per heavy atom. The van der Waals surface area contributed by atoms with Crippen molar-refractivity contribution in [3.63, 3.8) is 0 Å². The number of hydrogen-bond acceptors (Lipinski definition) is 4. The van der Waals surface area contributed by atoms with Gasteiger partial charge in [-0.25, -0.2) is 4.79 Å². The van der Waals surface area contributed by atoms with Gasteiger partial charge in [-0.15, -0.1) is 0 Å². The highest BCUT2D eigenvalue weighted by molar-refractivity contribution is 5.79. The van der Waals surface area contributed by atoms with E-state index in [1.165, 1.54) is 37.3 Å². The number of carboxylic acids is 1. The standard InChI is InChI=1S/C35H58O5/c1-7-9-13-30-19-22-32(40-34(30)24-17-28(5)14-20-31(36)8-2)21-15-26(3)11-10-12-27(4)16-23-33(37)29(6)18-25-35(38)39/h12,14,16-18,23-26,29-34,36-37H,7-11,13,15,19-22H2,1-6H3,(H,38,39)/b23-16+,24-17+,25-18+,27-12+,28-14+. The third-order valence-electron chi connectivity index (χ3n) is 8.08. The van der Waals surface area contributed by atoms with Gasteiger partial charge in [-0.1, -0.05) is 94.2 Å². The lowest BCUT2D eigenvalue weighted by molar-refractivity contribution is -0.131. The van der Waals surface area contributed by atoms with Crippen molar-refractivity contribution in [2.24, 2.45) is 17.8 Å². The van der Waals surface area contributed by atoms with Crippen LogP contribution >= 0.6 is 0 Å². The molecular weight excluding hydrogens is 500 g/mol. The van der Waals surface area contributed by atoms with E-state index < -0.39 is 12.1 Å². The first-order valence-corrected chi connectivity index (χ1v) is 15.7. The van der Waals surface area contributed by atoms with Crippen LogP contribution in [0.2, 0.25) is 0 Å². The molecule has 0 amide bonds. The smallest absolute Gasteiger partial charge is 0.327 e. The van der Waals surface area contributed by atoms with E-state index in [0.717, 1.165) is 50.2 Å². The van der Waals surface area contributed by atoms with Gasteiger partial charge in [0.05, 0.1) is 24.4 Å². The van der Waals surface area contributed by atoms with Gasteiger partial charge in [0, 0.05) is 12.0 Å². The fourth-order valence-corrected chi connectivity index (χ4v) is 5.01. The molecule has 1 fully saturated rings. The lowest BCUT2D eigenvalue weighted by Gasteiger charge is -2.36. The second-order valence-electron chi connectivity index (χ2n) is 11.9. The van der Waals surface area contributed by atoms with Gasteiger partial charge in [0.25, 0.3) is 0 Å². The fourth-order valence-electron chi connectivity index (χ4n) is 5.01. The van der Waals surface area contributed by atoms with E-state index >= 15 is 0 Å². The van der Waals surface area contributed by atoms with Gasteiger partial charge in [0.2, 0.25) is 0 Å². The van der Waals surface area contributed by atoms with Crippen molar-refractivity contribution in [2.45, 2.75) is 137 Å². The molecule has 40 heavy (non-hydrogen) atoms. The highest BCUT2D eigenvalue weighted by atomic mass is 16.5. The van der Waals surface area contributed by atoms with Gasteiger partial charge in [0.15, 0.2) is 0 Å². The SMILES string of the molecule is CCCCC1CCC(CCC(C)CC/C=C(C)/C=C/C(O)C(C)/C=C/C(=O)O)OC1/C=C/C(C)=C/CC(O)CC. The van der Waals surface area contributed by atoms with Crippen molar-refractivity contribution < 1.29 is 24.9 Å². The largest absolute Gasteiger partial charge is 0.478 e. The summed E-state index contributed by atoms with van der Waals surface area (Å²) in [6.07, 6.45) is 26.5. The van der Waals surface area contributed by atoms with E-state index in [9.17, 15) is 15.0 Å². The van der Waals surface area contributed by atoms with Crippen LogP contribution in [0.5, 0.6) is 0 Å². The van der Waals surface area contributed by atoms with E-state index in [1.54, 1.807) is 13.0 Å². The van der Waals surface area contributed by atoms with Gasteiger partial charge in [-0.05, 0) is 83.5 Å². The van der Waals surface area contributed by atoms with E-state index in [0.29, 0.717) is 24.4 Å². The number of rotatable bonds is 19. The number of unbranched alkanes of at least 4 members (excludes halogenated alkanes) is 1. The van der Waals surface area contributed by atoms with E-state index in [4.69, 9.17) is 9.84 Å². The molecule has 0 bridgehead atoms. The van der Waals surface area contributed by atoms with Gasteiger partial charge in [-0.2, -0.15) is 0 Å². The molecule has 0 spiro atoms. The van der Waals surface area contributed by atoms with Crippen molar-refractivity contribution in [2.75, 3.05) is 0 Å². The first-order chi connectivity index (χ1) is 19.0. The molecule has 0 aromatic rings. The second-order valence-corrected chi connectivity index (χ2v) is 11.9. The molecule has 0 saturated carbocycles. The van der Waals surface area contributed by atoms with Crippen LogP contribution in [0.15, 0.2) is 59.8 Å². The summed E-state index contributed by atoms with van der Waals surface area (Å²) in [6, 6.07) is 0. The zero-order valence-electron chi connectivity index (χ0n) is 26.1. The molecule has 1 aliphatic rings. The van der Waals surface area contributed by atoms with E-state index in [1.807, 2.05) is 19.9 Å². The molecule has 7 unspecified atom stereocenters. The van der Waals surface area contributed by atoms with Crippen molar-refractivity contribution >= 4 is 5.97 Å². The molecule has 1 saturated heterocycles. The Bertz CT molecular complexity index is 852. The van der Waals surface area contributed by atoms with Crippen LogP contribution in [0.4, 0.5) is 0 Å². The minimum atomic E-state index is -1.00. The Hall–Kier alpha value is -1.95. The van der Waals surface area contributed by atoms with Crippen LogP contribution in [0.1, 0.15) is 112 Å². The second kappa shape index (κ2) is 20.9. The van der Waals surface area contributed by atoms with Crippen LogP contribution in [0, 0.1) is 17.8 Å². The third kappa shape index (κ3) is 16.3. The number of aliphatic hydroxyl groups excluding tert-OH is 2. The first-order valence-electron chi connectivity index (χ1n) is 15.7. The van der Waals surface area contributed by atoms with Crippen molar-refractivity contribution in [1.82, 2.24) is 0 Å². The van der Waals surface area contributed by atoms with Crippen molar-refractivity contribution in [3.05, 3.63) is 59.8 Å². The zero-order valence-corrected chi connectivity index (χ0v) is 26.1. The summed E-state index contributed by atoms with van der Waals surface area (Å²) in [5, 5.41) is 28.8. The van der Waals surface area contributed by atoms with Gasteiger partial charge >= 0.3 is 5.97 Å². The van der Waals surface area contributed by atoms with E-state index in [-0.39, 0.29) is 18.1 Å². The number of ether oxygens (including phenoxy) is 1. The van der Waals surface area contributed by atoms with Crippen LogP contribution in [-0.2, 0) is 9.53 Å². The quantitative estimate of drug-likeness (QED) is 0.110. The summed E-state index contributed by atoms with van der Waals surface area (Å²) >= 11 is 0. The summed E-state index contributed by atoms with van der Waals surface area (Å²) in [6.45, 7) is 12.5. The molecule has 1 heterocycles. The predicted octanol–water partition coefficient (Wildman–Crippen LogP) is 8.34. The Morgan fingerprint density at radius 3 is 2.35 bits per heavy atom. The fraction of sp³-hybridized carbons (Fsp3) is 0.686. The van der Waals surface area contributed by atoms with Crippen LogP contribution in [-0.4, -0.2) is 45.7 Å². The zero-order chi connectivity index (χ0) is 29.9. The number of carbonyl (C=O) groups is 1. The van der Waals surface area contributed by atoms with Gasteiger partial charge in [-0.3, -0.25) is 0 Å². The molecule has 0 radical (unpaired) electrons.